The second-order valence-corrected chi connectivity index (χ2v) is 7.12. The molecule has 0 saturated heterocycles. The first-order chi connectivity index (χ1) is 11.6. The van der Waals surface area contributed by atoms with E-state index in [0.29, 0.717) is 9.90 Å². The normalized spacial score (nSPS) is 14.5. The van der Waals surface area contributed by atoms with Crippen LogP contribution in [0, 0.1) is 0 Å². The van der Waals surface area contributed by atoms with Crippen LogP contribution in [-0.4, -0.2) is 24.5 Å². The Morgan fingerprint density at radius 2 is 1.88 bits per heavy atom. The third kappa shape index (κ3) is 3.97. The maximum atomic E-state index is 12.7. The van der Waals surface area contributed by atoms with E-state index in [1.807, 2.05) is 12.1 Å². The summed E-state index contributed by atoms with van der Waals surface area (Å²) in [6, 6.07) is 10.8. The van der Waals surface area contributed by atoms with E-state index in [1.54, 1.807) is 34.5 Å². The van der Waals surface area contributed by atoms with Gasteiger partial charge in [0, 0.05) is 16.8 Å². The van der Waals surface area contributed by atoms with Gasteiger partial charge >= 0.3 is 5.97 Å². The minimum atomic E-state index is -0.458. The van der Waals surface area contributed by atoms with Gasteiger partial charge in [0.15, 0.2) is 6.61 Å². The molecule has 0 unspecified atom stereocenters. The molecule has 1 saturated carbocycles. The number of amides is 1. The van der Waals surface area contributed by atoms with Gasteiger partial charge in [0.05, 0.1) is 0 Å². The highest BCUT2D eigenvalue weighted by Crippen LogP contribution is 2.29. The second-order valence-electron chi connectivity index (χ2n) is 5.73. The van der Waals surface area contributed by atoms with E-state index in [9.17, 15) is 9.59 Å². The fourth-order valence-corrected chi connectivity index (χ4v) is 3.73. The zero-order chi connectivity index (χ0) is 16.9. The Morgan fingerprint density at radius 3 is 2.50 bits per heavy atom. The van der Waals surface area contributed by atoms with Crippen LogP contribution in [0.2, 0.25) is 5.02 Å². The average Bonchev–Trinajstić information content (AvgIpc) is 3.28. The molecule has 24 heavy (non-hydrogen) atoms. The summed E-state index contributed by atoms with van der Waals surface area (Å²) in [5.74, 6) is -0.657. The van der Waals surface area contributed by atoms with Crippen molar-refractivity contribution in [1.82, 2.24) is 0 Å². The number of halogens is 1. The summed E-state index contributed by atoms with van der Waals surface area (Å²) in [4.78, 5) is 26.9. The molecule has 1 aromatic heterocycles. The van der Waals surface area contributed by atoms with Gasteiger partial charge in [0.25, 0.3) is 5.91 Å². The van der Waals surface area contributed by atoms with Gasteiger partial charge in [-0.25, -0.2) is 4.79 Å². The van der Waals surface area contributed by atoms with E-state index < -0.39 is 5.97 Å². The predicted molar refractivity (Wildman–Crippen MR) is 95.8 cm³/mol. The molecule has 1 aromatic carbocycles. The Labute approximate surface area is 150 Å². The number of esters is 1. The monoisotopic (exact) mass is 363 g/mol. The lowest BCUT2D eigenvalue weighted by atomic mass is 10.1. The van der Waals surface area contributed by atoms with Crippen LogP contribution in [0.15, 0.2) is 41.8 Å². The number of carbonyl (C=O) groups is 2. The fourth-order valence-electron chi connectivity index (χ4n) is 2.99. The third-order valence-corrected chi connectivity index (χ3v) is 5.21. The smallest absolute Gasteiger partial charge is 0.348 e. The lowest BCUT2D eigenvalue weighted by Gasteiger charge is -2.29. The van der Waals surface area contributed by atoms with Crippen LogP contribution in [0.4, 0.5) is 5.69 Å². The Balaban J connectivity index is 1.71. The predicted octanol–water partition coefficient (Wildman–Crippen LogP) is 4.53. The van der Waals surface area contributed by atoms with E-state index >= 15 is 0 Å². The van der Waals surface area contributed by atoms with Crippen LogP contribution in [0.3, 0.4) is 0 Å². The minimum Gasteiger partial charge on any atom is -0.451 e. The Morgan fingerprint density at radius 1 is 1.17 bits per heavy atom. The molecule has 0 N–H and O–H groups in total. The summed E-state index contributed by atoms with van der Waals surface area (Å²) in [6.07, 6.45) is 4.15. The van der Waals surface area contributed by atoms with E-state index in [0.717, 1.165) is 31.4 Å². The summed E-state index contributed by atoms with van der Waals surface area (Å²) in [7, 11) is 0. The van der Waals surface area contributed by atoms with Gasteiger partial charge in [-0.1, -0.05) is 30.5 Å². The number of anilines is 1. The Hall–Kier alpha value is -1.85. The maximum Gasteiger partial charge on any atom is 0.348 e. The molecule has 0 radical (unpaired) electrons. The lowest BCUT2D eigenvalue weighted by molar-refractivity contribution is -0.122. The quantitative estimate of drug-likeness (QED) is 0.733. The summed E-state index contributed by atoms with van der Waals surface area (Å²) in [5, 5.41) is 2.43. The molecule has 126 valence electrons. The van der Waals surface area contributed by atoms with Crippen molar-refractivity contribution in [1.29, 1.82) is 0 Å². The Kier molecular flexibility index (Phi) is 5.53. The van der Waals surface area contributed by atoms with Crippen molar-refractivity contribution in [3.8, 4) is 0 Å². The van der Waals surface area contributed by atoms with Gasteiger partial charge in [-0.15, -0.1) is 11.3 Å². The van der Waals surface area contributed by atoms with E-state index in [2.05, 4.69) is 0 Å². The zero-order valence-electron chi connectivity index (χ0n) is 13.1. The van der Waals surface area contributed by atoms with Gasteiger partial charge in [0.1, 0.15) is 4.88 Å². The van der Waals surface area contributed by atoms with Crippen molar-refractivity contribution in [2.45, 2.75) is 31.7 Å². The highest BCUT2D eigenvalue weighted by Gasteiger charge is 2.28. The van der Waals surface area contributed by atoms with Crippen molar-refractivity contribution in [3.05, 3.63) is 51.7 Å². The summed E-state index contributed by atoms with van der Waals surface area (Å²) in [5.41, 5.74) is 0.795. The lowest BCUT2D eigenvalue weighted by Crippen LogP contribution is -2.41. The molecule has 0 atom stereocenters. The molecule has 3 rings (SSSR count). The summed E-state index contributed by atoms with van der Waals surface area (Å²) < 4.78 is 5.19. The highest BCUT2D eigenvalue weighted by molar-refractivity contribution is 7.11. The number of nitrogens with zero attached hydrogens (tertiary/aromatic N) is 1. The van der Waals surface area contributed by atoms with Crippen LogP contribution in [0.1, 0.15) is 35.4 Å². The van der Waals surface area contributed by atoms with Crippen LogP contribution >= 0.6 is 22.9 Å². The summed E-state index contributed by atoms with van der Waals surface area (Å²) in [6.45, 7) is -0.254. The minimum absolute atomic E-state index is 0.152. The van der Waals surface area contributed by atoms with Gasteiger partial charge in [-0.05, 0) is 48.6 Å². The molecule has 1 heterocycles. The highest BCUT2D eigenvalue weighted by atomic mass is 35.5. The largest absolute Gasteiger partial charge is 0.451 e. The standard InChI is InChI=1S/C18H18ClNO3S/c19-13-7-9-15(10-8-13)20(14-4-1-2-5-14)17(21)12-23-18(22)16-6-3-11-24-16/h3,6-11,14H,1-2,4-5,12H2. The molecule has 1 aliphatic carbocycles. The molecule has 6 heteroatoms. The molecule has 1 aliphatic rings. The number of ether oxygens (including phenoxy) is 1. The van der Waals surface area contributed by atoms with Crippen LogP contribution < -0.4 is 4.90 Å². The maximum absolute atomic E-state index is 12.7. The van der Waals surface area contributed by atoms with Gasteiger partial charge < -0.3 is 9.64 Å². The SMILES string of the molecule is O=C(OCC(=O)N(c1ccc(Cl)cc1)C1CCCC1)c1cccs1. The zero-order valence-corrected chi connectivity index (χ0v) is 14.7. The first kappa shape index (κ1) is 17.0. The van der Waals surface area contributed by atoms with Crippen molar-refractivity contribution >= 4 is 40.5 Å². The van der Waals surface area contributed by atoms with Crippen LogP contribution in [0.5, 0.6) is 0 Å². The van der Waals surface area contributed by atoms with Crippen LogP contribution in [-0.2, 0) is 9.53 Å². The first-order valence-corrected chi connectivity index (χ1v) is 9.19. The number of rotatable bonds is 5. The first-order valence-electron chi connectivity index (χ1n) is 7.93. The molecule has 0 aliphatic heterocycles. The Bertz CT molecular complexity index is 694. The van der Waals surface area contributed by atoms with Gasteiger partial charge in [-0.2, -0.15) is 0 Å². The van der Waals surface area contributed by atoms with E-state index in [1.165, 1.54) is 11.3 Å². The average molecular weight is 364 g/mol. The molecule has 0 spiro atoms. The molecular weight excluding hydrogens is 346 g/mol. The number of benzene rings is 1. The van der Waals surface area contributed by atoms with E-state index in [-0.39, 0.29) is 18.6 Å². The number of carbonyl (C=O) groups excluding carboxylic acids is 2. The number of hydrogen-bond donors (Lipinski definition) is 0. The molecule has 4 nitrogen and oxygen atoms in total. The van der Waals surface area contributed by atoms with Crippen molar-refractivity contribution in [2.75, 3.05) is 11.5 Å². The molecule has 1 amide bonds. The van der Waals surface area contributed by atoms with E-state index in [4.69, 9.17) is 16.3 Å². The van der Waals surface area contributed by atoms with Gasteiger partial charge in [-0.3, -0.25) is 4.79 Å². The third-order valence-electron chi connectivity index (χ3n) is 4.11. The summed E-state index contributed by atoms with van der Waals surface area (Å²) >= 11 is 7.24. The molecule has 1 fully saturated rings. The molecular formula is C18H18ClNO3S. The second kappa shape index (κ2) is 7.81. The molecule has 0 bridgehead atoms. The van der Waals surface area contributed by atoms with Crippen molar-refractivity contribution in [3.63, 3.8) is 0 Å². The van der Waals surface area contributed by atoms with Crippen molar-refractivity contribution < 1.29 is 14.3 Å². The molecule has 2 aromatic rings. The number of hydrogen-bond acceptors (Lipinski definition) is 4. The fraction of sp³-hybridized carbons (Fsp3) is 0.333. The van der Waals surface area contributed by atoms with Gasteiger partial charge in [0.2, 0.25) is 0 Å². The van der Waals surface area contributed by atoms with Crippen molar-refractivity contribution in [2.24, 2.45) is 0 Å². The number of thiophene rings is 1. The topological polar surface area (TPSA) is 46.6 Å². The van der Waals surface area contributed by atoms with Crippen LogP contribution in [0.25, 0.3) is 0 Å².